The third-order valence-electron chi connectivity index (χ3n) is 6.50. The van der Waals surface area contributed by atoms with Gasteiger partial charge < -0.3 is 24.6 Å². The van der Waals surface area contributed by atoms with Crippen LogP contribution in [0.25, 0.3) is 0 Å². The molecule has 0 aromatic carbocycles. The summed E-state index contributed by atoms with van der Waals surface area (Å²) in [4.78, 5) is 43.4. The molecule has 2 aromatic heterocycles. The molecule has 4 heterocycles. The Hall–Kier alpha value is -3.34. The molecule has 3 aliphatic rings. The first kappa shape index (κ1) is 20.6. The molecule has 0 radical (unpaired) electrons. The molecule has 1 aliphatic carbocycles. The molecule has 2 amide bonds. The molecule has 2 fully saturated rings. The summed E-state index contributed by atoms with van der Waals surface area (Å²) in [5.41, 5.74) is -2.51. The van der Waals surface area contributed by atoms with E-state index in [1.54, 1.807) is 4.90 Å². The van der Waals surface area contributed by atoms with Crippen molar-refractivity contribution < 1.29 is 28.2 Å². The quantitative estimate of drug-likeness (QED) is 0.690. The van der Waals surface area contributed by atoms with E-state index >= 15 is 0 Å². The number of pyridine rings is 2. The van der Waals surface area contributed by atoms with Crippen LogP contribution in [0.2, 0.25) is 0 Å². The van der Waals surface area contributed by atoms with Crippen molar-refractivity contribution in [2.75, 3.05) is 6.61 Å². The highest BCUT2D eigenvalue weighted by Gasteiger charge is 2.60. The number of fused-ring (bicyclic) bond motifs is 2. The molecule has 0 unspecified atom stereocenters. The molecule has 2 aromatic rings. The van der Waals surface area contributed by atoms with Crippen molar-refractivity contribution in [2.24, 2.45) is 0 Å². The van der Waals surface area contributed by atoms with E-state index < -0.39 is 46.2 Å². The molecule has 32 heavy (non-hydrogen) atoms. The van der Waals surface area contributed by atoms with E-state index in [4.69, 9.17) is 4.74 Å². The highest BCUT2D eigenvalue weighted by molar-refractivity contribution is 5.99. The number of amides is 2. The lowest BCUT2D eigenvalue weighted by atomic mass is 9.98. The van der Waals surface area contributed by atoms with Crippen molar-refractivity contribution in [2.45, 2.75) is 50.5 Å². The SMILES string of the molecule is C[C@H]1CO[C@@]23CCC[C@@H]2n2cc(C(=O)NCc4ccc(F)nc4F)c(=O)c(O)c2C(=O)N13. The van der Waals surface area contributed by atoms with Crippen LogP contribution in [0, 0.1) is 11.9 Å². The summed E-state index contributed by atoms with van der Waals surface area (Å²) in [6.45, 7) is 1.84. The molecule has 1 saturated heterocycles. The number of halogens is 2. The zero-order valence-corrected chi connectivity index (χ0v) is 17.1. The molecule has 1 spiro atoms. The molecule has 2 aliphatic heterocycles. The second-order valence-corrected chi connectivity index (χ2v) is 8.33. The first-order valence-corrected chi connectivity index (χ1v) is 10.3. The summed E-state index contributed by atoms with van der Waals surface area (Å²) < 4.78 is 34.2. The van der Waals surface area contributed by atoms with Gasteiger partial charge in [-0.3, -0.25) is 14.4 Å². The Morgan fingerprint density at radius 1 is 1.38 bits per heavy atom. The minimum absolute atomic E-state index is 0.0732. The predicted molar refractivity (Wildman–Crippen MR) is 105 cm³/mol. The molecule has 3 atom stereocenters. The van der Waals surface area contributed by atoms with Crippen LogP contribution in [0.4, 0.5) is 8.78 Å². The third kappa shape index (κ3) is 2.77. The normalized spacial score (nSPS) is 26.0. The summed E-state index contributed by atoms with van der Waals surface area (Å²) in [6, 6.07) is 1.50. The maximum atomic E-state index is 13.8. The number of hydrogen-bond donors (Lipinski definition) is 2. The maximum Gasteiger partial charge on any atom is 0.277 e. The van der Waals surface area contributed by atoms with Crippen molar-refractivity contribution >= 4 is 11.8 Å². The van der Waals surface area contributed by atoms with Gasteiger partial charge in [0.05, 0.1) is 18.7 Å². The van der Waals surface area contributed by atoms with Crippen LogP contribution < -0.4 is 10.7 Å². The monoisotopic (exact) mass is 446 g/mol. The lowest BCUT2D eigenvalue weighted by Crippen LogP contribution is -2.58. The first-order valence-electron chi connectivity index (χ1n) is 10.3. The first-order chi connectivity index (χ1) is 15.2. The summed E-state index contributed by atoms with van der Waals surface area (Å²) in [5, 5.41) is 13.0. The van der Waals surface area contributed by atoms with E-state index in [1.807, 2.05) is 6.92 Å². The number of carbonyl (C=O) groups excluding carboxylic acids is 2. The van der Waals surface area contributed by atoms with E-state index in [1.165, 1.54) is 10.8 Å². The average molecular weight is 446 g/mol. The fourth-order valence-electron chi connectivity index (χ4n) is 5.10. The van der Waals surface area contributed by atoms with Gasteiger partial charge >= 0.3 is 0 Å². The third-order valence-corrected chi connectivity index (χ3v) is 6.50. The summed E-state index contributed by atoms with van der Waals surface area (Å²) >= 11 is 0. The van der Waals surface area contributed by atoms with Crippen LogP contribution in [0.3, 0.4) is 0 Å². The molecule has 168 valence electrons. The van der Waals surface area contributed by atoms with Gasteiger partial charge in [0, 0.05) is 18.3 Å². The Morgan fingerprint density at radius 3 is 2.91 bits per heavy atom. The topological polar surface area (TPSA) is 114 Å². The fraction of sp³-hybridized carbons (Fsp3) is 0.429. The highest BCUT2D eigenvalue weighted by atomic mass is 19.1. The number of rotatable bonds is 3. The van der Waals surface area contributed by atoms with Gasteiger partial charge in [0.1, 0.15) is 5.56 Å². The van der Waals surface area contributed by atoms with Gasteiger partial charge in [0.2, 0.25) is 17.3 Å². The Morgan fingerprint density at radius 2 is 2.16 bits per heavy atom. The maximum absolute atomic E-state index is 13.8. The van der Waals surface area contributed by atoms with Crippen LogP contribution in [-0.2, 0) is 11.3 Å². The van der Waals surface area contributed by atoms with Crippen molar-refractivity contribution in [1.29, 1.82) is 0 Å². The highest BCUT2D eigenvalue weighted by Crippen LogP contribution is 2.52. The fourth-order valence-corrected chi connectivity index (χ4v) is 5.10. The van der Waals surface area contributed by atoms with Crippen LogP contribution in [0.1, 0.15) is 58.6 Å². The smallest absolute Gasteiger partial charge is 0.277 e. The second-order valence-electron chi connectivity index (χ2n) is 8.33. The van der Waals surface area contributed by atoms with Crippen molar-refractivity contribution in [3.8, 4) is 5.75 Å². The number of hydrogen-bond acceptors (Lipinski definition) is 6. The molecular formula is C21H20F2N4O5. The molecule has 11 heteroatoms. The number of carbonyl (C=O) groups is 2. The van der Waals surface area contributed by atoms with E-state index in [2.05, 4.69) is 10.3 Å². The molecule has 1 saturated carbocycles. The molecule has 5 rings (SSSR count). The Labute approximate surface area is 180 Å². The minimum atomic E-state index is -1.08. The van der Waals surface area contributed by atoms with Gasteiger partial charge in [-0.1, -0.05) is 0 Å². The van der Waals surface area contributed by atoms with Crippen molar-refractivity contribution in [3.63, 3.8) is 0 Å². The van der Waals surface area contributed by atoms with Gasteiger partial charge in [-0.25, -0.2) is 0 Å². The van der Waals surface area contributed by atoms with E-state index in [9.17, 15) is 28.3 Å². The summed E-state index contributed by atoms with van der Waals surface area (Å²) in [5.74, 6) is -4.28. The zero-order chi connectivity index (χ0) is 22.8. The van der Waals surface area contributed by atoms with Crippen LogP contribution in [0.15, 0.2) is 23.1 Å². The number of aromatic nitrogens is 2. The van der Waals surface area contributed by atoms with E-state index in [0.29, 0.717) is 19.4 Å². The van der Waals surface area contributed by atoms with Crippen LogP contribution in [-0.4, -0.2) is 49.7 Å². The predicted octanol–water partition coefficient (Wildman–Crippen LogP) is 1.45. The number of aromatic hydroxyl groups is 1. The molecule has 2 N–H and O–H groups in total. The van der Waals surface area contributed by atoms with Gasteiger partial charge in [-0.05, 0) is 38.3 Å². The Bertz CT molecular complexity index is 1220. The van der Waals surface area contributed by atoms with Gasteiger partial charge in [-0.15, -0.1) is 0 Å². The van der Waals surface area contributed by atoms with Gasteiger partial charge in [0.15, 0.2) is 17.2 Å². The van der Waals surface area contributed by atoms with Crippen LogP contribution in [0.5, 0.6) is 5.75 Å². The van der Waals surface area contributed by atoms with E-state index in [0.717, 1.165) is 18.6 Å². The van der Waals surface area contributed by atoms with Gasteiger partial charge in [-0.2, -0.15) is 13.8 Å². The average Bonchev–Trinajstić information content (AvgIpc) is 3.32. The molecule has 0 bridgehead atoms. The second kappa shape index (κ2) is 7.09. The summed E-state index contributed by atoms with van der Waals surface area (Å²) in [6.07, 6.45) is 3.27. The minimum Gasteiger partial charge on any atom is -0.503 e. The van der Waals surface area contributed by atoms with Crippen LogP contribution >= 0.6 is 0 Å². The molecule has 9 nitrogen and oxygen atoms in total. The lowest BCUT2D eigenvalue weighted by molar-refractivity contribution is -0.101. The number of ether oxygens (including phenoxy) is 1. The van der Waals surface area contributed by atoms with Gasteiger partial charge in [0.25, 0.3) is 11.8 Å². The van der Waals surface area contributed by atoms with Crippen molar-refractivity contribution in [1.82, 2.24) is 19.8 Å². The standard InChI is InChI=1S/C21H20F2N4O5/c1-10-9-32-21-6-2-3-13(21)26-8-12(16(28)17(29)15(26)20(31)27(10)21)19(30)24-7-11-4-5-14(22)25-18(11)23/h4-5,8,10,13,29H,2-3,6-7,9H2,1H3,(H,24,30)/t10-,13-,21-/m0/s1. The largest absolute Gasteiger partial charge is 0.503 e. The number of nitrogens with one attached hydrogen (secondary N) is 1. The molecular weight excluding hydrogens is 426 g/mol. The van der Waals surface area contributed by atoms with Crippen molar-refractivity contribution in [3.05, 3.63) is 57.3 Å². The number of nitrogens with zero attached hydrogens (tertiary/aromatic N) is 3. The van der Waals surface area contributed by atoms with E-state index in [-0.39, 0.29) is 29.9 Å². The Kier molecular flexibility index (Phi) is 4.55. The zero-order valence-electron chi connectivity index (χ0n) is 17.1. The lowest BCUT2D eigenvalue weighted by Gasteiger charge is -2.45. The Balaban J connectivity index is 1.52. The summed E-state index contributed by atoms with van der Waals surface area (Å²) in [7, 11) is 0.